The molecule has 5 heteroatoms. The molecule has 0 bridgehead atoms. The summed E-state index contributed by atoms with van der Waals surface area (Å²) >= 11 is 0. The average molecular weight is 509 g/mol. The summed E-state index contributed by atoms with van der Waals surface area (Å²) in [5, 5.41) is 32.9. The summed E-state index contributed by atoms with van der Waals surface area (Å²) in [6.07, 6.45) is 11.4. The highest BCUT2D eigenvalue weighted by Crippen LogP contribution is 2.75. The van der Waals surface area contributed by atoms with Crippen LogP contribution in [0.5, 0.6) is 0 Å². The van der Waals surface area contributed by atoms with Gasteiger partial charge in [0.05, 0.1) is 11.7 Å². The molecule has 3 saturated carbocycles. The predicted octanol–water partition coefficient (Wildman–Crippen LogP) is 5.53. The molecule has 2 aromatic heterocycles. The summed E-state index contributed by atoms with van der Waals surface area (Å²) in [5.74, 6) is 1.14. The maximum absolute atomic E-state index is 11.9. The van der Waals surface area contributed by atoms with Crippen molar-refractivity contribution in [2.75, 3.05) is 6.61 Å². The van der Waals surface area contributed by atoms with Gasteiger partial charge >= 0.3 is 0 Å². The second kappa shape index (κ2) is 8.05. The number of aliphatic hydroxyl groups excluding tert-OH is 2. The van der Waals surface area contributed by atoms with Gasteiger partial charge in [0.1, 0.15) is 5.65 Å². The molecule has 0 aliphatic heterocycles. The van der Waals surface area contributed by atoms with Gasteiger partial charge in [-0.1, -0.05) is 34.6 Å². The Hall–Kier alpha value is -1.43. The molecule has 4 aliphatic carbocycles. The Morgan fingerprint density at radius 2 is 1.81 bits per heavy atom. The molecule has 204 valence electrons. The van der Waals surface area contributed by atoms with Gasteiger partial charge in [-0.3, -0.25) is 0 Å². The maximum atomic E-state index is 11.9. The number of nitrogens with zero attached hydrogens (tertiary/aromatic N) is 2. The van der Waals surface area contributed by atoms with Gasteiger partial charge in [-0.25, -0.2) is 4.98 Å². The van der Waals surface area contributed by atoms with E-state index in [9.17, 15) is 15.3 Å². The smallest absolute Gasteiger partial charge is 0.136 e. The van der Waals surface area contributed by atoms with E-state index in [1.54, 1.807) is 0 Å². The number of hydrogen-bond acceptors (Lipinski definition) is 4. The van der Waals surface area contributed by atoms with Crippen molar-refractivity contribution in [1.82, 2.24) is 9.38 Å². The van der Waals surface area contributed by atoms with E-state index < -0.39 is 11.7 Å². The lowest BCUT2D eigenvalue weighted by Crippen LogP contribution is -2.66. The first-order chi connectivity index (χ1) is 17.3. The van der Waals surface area contributed by atoms with Crippen LogP contribution in [-0.2, 0) is 11.8 Å². The first-order valence-electron chi connectivity index (χ1n) is 14.8. The van der Waals surface area contributed by atoms with Gasteiger partial charge in [-0.05, 0) is 116 Å². The van der Waals surface area contributed by atoms with Crippen molar-refractivity contribution in [1.29, 1.82) is 0 Å². The van der Waals surface area contributed by atoms with Crippen molar-refractivity contribution in [2.24, 2.45) is 39.9 Å². The fraction of sp³-hybridized carbons (Fsp3) is 0.781. The Balaban J connectivity index is 1.42. The van der Waals surface area contributed by atoms with E-state index in [0.717, 1.165) is 31.3 Å². The number of aromatic nitrogens is 2. The van der Waals surface area contributed by atoms with Crippen molar-refractivity contribution < 1.29 is 15.3 Å². The fourth-order valence-electron chi connectivity index (χ4n) is 11.3. The fourth-order valence-corrected chi connectivity index (χ4v) is 11.3. The van der Waals surface area contributed by atoms with Crippen molar-refractivity contribution in [2.45, 2.75) is 110 Å². The molecule has 9 atom stereocenters. The molecule has 2 heterocycles. The zero-order valence-electron chi connectivity index (χ0n) is 23.8. The van der Waals surface area contributed by atoms with E-state index in [2.05, 4.69) is 63.5 Å². The van der Waals surface area contributed by atoms with Crippen molar-refractivity contribution in [3.05, 3.63) is 35.8 Å². The molecule has 37 heavy (non-hydrogen) atoms. The summed E-state index contributed by atoms with van der Waals surface area (Å²) in [6.45, 7) is 14.5. The van der Waals surface area contributed by atoms with Crippen molar-refractivity contribution in [3.63, 3.8) is 0 Å². The second-order valence-electron chi connectivity index (χ2n) is 14.9. The number of hydrogen-bond donors (Lipinski definition) is 3. The van der Waals surface area contributed by atoms with E-state index >= 15 is 0 Å². The Kier molecular flexibility index (Phi) is 5.62. The third kappa shape index (κ3) is 3.23. The Morgan fingerprint density at radius 1 is 1.08 bits per heavy atom. The van der Waals surface area contributed by atoms with Gasteiger partial charge in [-0.2, -0.15) is 0 Å². The van der Waals surface area contributed by atoms with E-state index in [1.165, 1.54) is 24.1 Å². The van der Waals surface area contributed by atoms with Gasteiger partial charge in [0.2, 0.25) is 0 Å². The number of aliphatic hydroxyl groups is 3. The topological polar surface area (TPSA) is 78.0 Å². The number of fused-ring (bicyclic) bond motifs is 8. The molecule has 0 amide bonds. The Bertz CT molecular complexity index is 1200. The molecule has 0 spiro atoms. The van der Waals surface area contributed by atoms with Crippen LogP contribution in [0.3, 0.4) is 0 Å². The number of rotatable bonds is 4. The van der Waals surface area contributed by atoms with Crippen LogP contribution in [0.15, 0.2) is 24.5 Å². The van der Waals surface area contributed by atoms with Crippen LogP contribution < -0.4 is 0 Å². The van der Waals surface area contributed by atoms with Crippen LogP contribution in [-0.4, -0.2) is 43.0 Å². The Morgan fingerprint density at radius 3 is 2.54 bits per heavy atom. The highest BCUT2D eigenvalue weighted by Gasteiger charge is 2.71. The Labute approximate surface area is 222 Å². The minimum atomic E-state index is -0.851. The summed E-state index contributed by atoms with van der Waals surface area (Å²) in [4.78, 5) is 4.82. The van der Waals surface area contributed by atoms with Gasteiger partial charge in [0, 0.05) is 30.1 Å². The lowest BCUT2D eigenvalue weighted by Gasteiger charge is -2.70. The molecule has 0 aromatic carbocycles. The first kappa shape index (κ1) is 25.8. The minimum absolute atomic E-state index is 0.00969. The normalized spacial score (nSPS) is 44.0. The molecular formula is C32H48N2O3. The zero-order valence-corrected chi connectivity index (χ0v) is 23.8. The molecular weight excluding hydrogens is 460 g/mol. The van der Waals surface area contributed by atoms with Gasteiger partial charge in [-0.15, -0.1) is 0 Å². The van der Waals surface area contributed by atoms with Gasteiger partial charge < -0.3 is 19.7 Å². The third-order valence-corrected chi connectivity index (χ3v) is 13.0. The molecule has 0 unspecified atom stereocenters. The summed E-state index contributed by atoms with van der Waals surface area (Å²) in [6, 6.07) is 4.21. The summed E-state index contributed by atoms with van der Waals surface area (Å²) < 4.78 is 2.33. The molecule has 0 saturated heterocycles. The quantitative estimate of drug-likeness (QED) is 0.508. The molecule has 3 N–H and O–H groups in total. The van der Waals surface area contributed by atoms with E-state index in [0.29, 0.717) is 24.7 Å². The standard InChI is InChI=1S/C32H48N2O3/c1-28(2)23-11-14-30(4)24(29(23,3)18-20-19-33-25-9-7-15-34(25)27(20)28)17-22(36)26-21(10-13-31(26,30)5)32(6,37)12-8-16-35/h7,9,15,19,21-24,26,35-37H,8,10-14,16-18H2,1-6H3/t21-,22+,23-,24+,26-,29-,30+,31+,32-/m0/s1. The summed E-state index contributed by atoms with van der Waals surface area (Å²) in [7, 11) is 0. The van der Waals surface area contributed by atoms with Gasteiger partial charge in [0.15, 0.2) is 0 Å². The highest BCUT2D eigenvalue weighted by molar-refractivity contribution is 5.46. The molecule has 5 nitrogen and oxygen atoms in total. The zero-order chi connectivity index (χ0) is 26.6. The molecule has 3 fully saturated rings. The lowest BCUT2D eigenvalue weighted by molar-refractivity contribution is -0.223. The van der Waals surface area contributed by atoms with E-state index in [1.807, 2.05) is 6.92 Å². The maximum Gasteiger partial charge on any atom is 0.136 e. The monoisotopic (exact) mass is 508 g/mol. The minimum Gasteiger partial charge on any atom is -0.396 e. The van der Waals surface area contributed by atoms with Crippen LogP contribution in [0.25, 0.3) is 5.65 Å². The van der Waals surface area contributed by atoms with Crippen molar-refractivity contribution >= 4 is 5.65 Å². The van der Waals surface area contributed by atoms with Crippen LogP contribution in [0, 0.1) is 39.9 Å². The van der Waals surface area contributed by atoms with Crippen molar-refractivity contribution in [3.8, 4) is 0 Å². The second-order valence-corrected chi connectivity index (χ2v) is 14.9. The van der Waals surface area contributed by atoms with Crippen LogP contribution in [0.4, 0.5) is 0 Å². The van der Waals surface area contributed by atoms with Gasteiger partial charge in [0.25, 0.3) is 0 Å². The van der Waals surface area contributed by atoms with E-state index in [-0.39, 0.29) is 40.1 Å². The van der Waals surface area contributed by atoms with Crippen LogP contribution >= 0.6 is 0 Å². The SMILES string of the molecule is CC1(C)c2c(cnc3cccn23)C[C@]2(C)[C@H]3C[C@@H](O)[C@@H]4[C@@H]([C@@](C)(O)CCCO)CC[C@@]4(C)[C@]3(C)CC[C@@H]12. The lowest BCUT2D eigenvalue weighted by atomic mass is 9.35. The molecule has 0 radical (unpaired) electrons. The largest absolute Gasteiger partial charge is 0.396 e. The molecule has 2 aromatic rings. The predicted molar refractivity (Wildman–Crippen MR) is 146 cm³/mol. The highest BCUT2D eigenvalue weighted by atomic mass is 16.3. The van der Waals surface area contributed by atoms with E-state index in [4.69, 9.17) is 4.98 Å². The van der Waals surface area contributed by atoms with Crippen LogP contribution in [0.1, 0.15) is 97.7 Å². The third-order valence-electron chi connectivity index (χ3n) is 13.0. The average Bonchev–Trinajstić information content (AvgIpc) is 3.44. The van der Waals surface area contributed by atoms with Crippen LogP contribution in [0.2, 0.25) is 0 Å². The summed E-state index contributed by atoms with van der Waals surface area (Å²) in [5.41, 5.74) is 3.18. The molecule has 6 rings (SSSR count). The molecule has 4 aliphatic rings. The first-order valence-corrected chi connectivity index (χ1v) is 14.8.